The van der Waals surface area contributed by atoms with Crippen molar-refractivity contribution in [2.45, 2.75) is 0 Å². The van der Waals surface area contributed by atoms with Gasteiger partial charge in [-0.25, -0.2) is 5.01 Å². The molecule has 1 heterocycles. The number of para-hydroxylation sites is 1. The number of nitrogens with zero attached hydrogens (tertiary/aromatic N) is 3. The lowest BCUT2D eigenvalue weighted by Crippen LogP contribution is -2.19. The van der Waals surface area contributed by atoms with Gasteiger partial charge >= 0.3 is 0 Å². The van der Waals surface area contributed by atoms with Crippen LogP contribution in [0.2, 0.25) is 0 Å². The van der Waals surface area contributed by atoms with E-state index in [1.165, 1.54) is 5.01 Å². The fourth-order valence-corrected chi connectivity index (χ4v) is 1.77. The average Bonchev–Trinajstić information content (AvgIpc) is 2.57. The second-order valence-electron chi connectivity index (χ2n) is 4.30. The lowest BCUT2D eigenvalue weighted by atomic mass is 10.0. The molecule has 0 atom stereocenters. The minimum atomic E-state index is -0.179. The highest BCUT2D eigenvalue weighted by Gasteiger charge is 2.29. The third kappa shape index (κ3) is 2.07. The van der Waals surface area contributed by atoms with Gasteiger partial charge in [-0.15, -0.1) is 0 Å². The molecule has 1 aliphatic rings. The zero-order valence-corrected chi connectivity index (χ0v) is 10.6. The summed E-state index contributed by atoms with van der Waals surface area (Å²) in [6.07, 6.45) is 1.71. The van der Waals surface area contributed by atoms with Crippen molar-refractivity contribution in [3.63, 3.8) is 0 Å². The fourth-order valence-electron chi connectivity index (χ4n) is 1.77. The van der Waals surface area contributed by atoms with E-state index in [2.05, 4.69) is 5.10 Å². The van der Waals surface area contributed by atoms with Gasteiger partial charge in [-0.2, -0.15) is 5.10 Å². The number of phenols is 1. The molecule has 1 aliphatic heterocycles. The fraction of sp³-hybridized carbons (Fsp3) is 0.231. The summed E-state index contributed by atoms with van der Waals surface area (Å²) in [4.78, 5) is 13.8. The summed E-state index contributed by atoms with van der Waals surface area (Å²) in [5, 5.41) is 15.3. The molecule has 1 aromatic rings. The van der Waals surface area contributed by atoms with Gasteiger partial charge in [0.25, 0.3) is 5.91 Å². The second kappa shape index (κ2) is 4.52. The number of hydrazone groups is 1. The van der Waals surface area contributed by atoms with Crippen LogP contribution < -0.4 is 0 Å². The maximum absolute atomic E-state index is 12.0. The van der Waals surface area contributed by atoms with E-state index in [1.807, 2.05) is 14.1 Å². The Morgan fingerprint density at radius 2 is 2.00 bits per heavy atom. The lowest BCUT2D eigenvalue weighted by molar-refractivity contribution is -0.124. The summed E-state index contributed by atoms with van der Waals surface area (Å²) in [5.74, 6) is -0.0639. The molecule has 0 unspecified atom stereocenters. The molecule has 0 saturated heterocycles. The Kier molecular flexibility index (Phi) is 3.06. The van der Waals surface area contributed by atoms with Crippen LogP contribution in [0.15, 0.2) is 41.1 Å². The van der Waals surface area contributed by atoms with E-state index in [0.717, 1.165) is 0 Å². The highest BCUT2D eigenvalue weighted by Crippen LogP contribution is 2.25. The Morgan fingerprint density at radius 1 is 1.33 bits per heavy atom. The van der Waals surface area contributed by atoms with Crippen LogP contribution >= 0.6 is 0 Å². The van der Waals surface area contributed by atoms with Crippen LogP contribution in [0.5, 0.6) is 5.75 Å². The Labute approximate surface area is 106 Å². The van der Waals surface area contributed by atoms with E-state index in [9.17, 15) is 9.90 Å². The molecule has 0 spiro atoms. The molecule has 0 aromatic heterocycles. The molecule has 0 bridgehead atoms. The summed E-state index contributed by atoms with van der Waals surface area (Å²) in [6.45, 7) is 0. The molecule has 5 heteroatoms. The third-order valence-corrected chi connectivity index (χ3v) is 2.58. The zero-order chi connectivity index (χ0) is 13.3. The number of rotatable bonds is 2. The molecule has 1 amide bonds. The highest BCUT2D eigenvalue weighted by atomic mass is 16.3. The monoisotopic (exact) mass is 245 g/mol. The molecule has 0 fully saturated rings. The predicted molar refractivity (Wildman–Crippen MR) is 69.2 cm³/mol. The van der Waals surface area contributed by atoms with Crippen molar-refractivity contribution in [2.75, 3.05) is 21.1 Å². The molecule has 0 aliphatic carbocycles. The van der Waals surface area contributed by atoms with Crippen molar-refractivity contribution < 1.29 is 9.90 Å². The van der Waals surface area contributed by atoms with Gasteiger partial charge in [0.05, 0.1) is 5.57 Å². The first-order valence-corrected chi connectivity index (χ1v) is 5.54. The van der Waals surface area contributed by atoms with Crippen LogP contribution in [-0.2, 0) is 4.79 Å². The van der Waals surface area contributed by atoms with Crippen LogP contribution in [0.4, 0.5) is 0 Å². The molecule has 2 rings (SSSR count). The Morgan fingerprint density at radius 3 is 2.61 bits per heavy atom. The molecule has 94 valence electrons. The van der Waals surface area contributed by atoms with E-state index in [4.69, 9.17) is 0 Å². The van der Waals surface area contributed by atoms with Gasteiger partial charge in [0.1, 0.15) is 11.5 Å². The number of phenolic OH excluding ortho intramolecular Hbond substituents is 1. The molecule has 0 radical (unpaired) electrons. The first kappa shape index (κ1) is 12.2. The zero-order valence-electron chi connectivity index (χ0n) is 10.6. The van der Waals surface area contributed by atoms with Crippen LogP contribution in [0.25, 0.3) is 0 Å². The van der Waals surface area contributed by atoms with Crippen LogP contribution in [0.1, 0.15) is 5.56 Å². The van der Waals surface area contributed by atoms with Gasteiger partial charge in [0, 0.05) is 32.9 Å². The van der Waals surface area contributed by atoms with Crippen molar-refractivity contribution in [1.82, 2.24) is 9.91 Å². The molecular weight excluding hydrogens is 230 g/mol. The molecule has 1 aromatic carbocycles. The number of carbonyl (C=O) groups excluding carboxylic acids is 1. The van der Waals surface area contributed by atoms with Gasteiger partial charge in [-0.1, -0.05) is 12.1 Å². The first-order chi connectivity index (χ1) is 8.50. The molecule has 18 heavy (non-hydrogen) atoms. The summed E-state index contributed by atoms with van der Waals surface area (Å²) in [6, 6.07) is 6.85. The second-order valence-corrected chi connectivity index (χ2v) is 4.30. The van der Waals surface area contributed by atoms with Crippen LogP contribution in [-0.4, -0.2) is 47.8 Å². The number of amides is 1. The predicted octanol–water partition coefficient (Wildman–Crippen LogP) is 1.01. The van der Waals surface area contributed by atoms with Gasteiger partial charge < -0.3 is 10.0 Å². The number of likely N-dealkylation sites (N-methyl/N-ethyl adjacent to an activating group) is 1. The summed E-state index contributed by atoms with van der Waals surface area (Å²) < 4.78 is 0. The maximum Gasteiger partial charge on any atom is 0.277 e. The van der Waals surface area contributed by atoms with E-state index < -0.39 is 0 Å². The molecule has 1 N–H and O–H groups in total. The number of benzene rings is 1. The highest BCUT2D eigenvalue weighted by molar-refractivity contribution is 6.31. The average molecular weight is 245 g/mol. The normalized spacial score (nSPS) is 17.3. The van der Waals surface area contributed by atoms with Crippen molar-refractivity contribution in [2.24, 2.45) is 5.10 Å². The van der Waals surface area contributed by atoms with E-state index in [0.29, 0.717) is 16.8 Å². The van der Waals surface area contributed by atoms with Crippen molar-refractivity contribution in [3.05, 3.63) is 41.6 Å². The Bertz CT molecular complexity index is 547. The standard InChI is InChI=1S/C13H15N3O2/c1-15(2)8-10-12(14-16(3)13(10)18)9-6-4-5-7-11(9)17/h4-8,17H,1-3H3. The number of hydrogen-bond acceptors (Lipinski definition) is 4. The van der Waals surface area contributed by atoms with Gasteiger partial charge in [-0.05, 0) is 12.1 Å². The quantitative estimate of drug-likeness (QED) is 0.791. The Balaban J connectivity index is 2.52. The first-order valence-electron chi connectivity index (χ1n) is 5.54. The summed E-state index contributed by atoms with van der Waals surface area (Å²) in [5.41, 5.74) is 1.53. The van der Waals surface area contributed by atoms with Crippen molar-refractivity contribution in [3.8, 4) is 5.75 Å². The minimum absolute atomic E-state index is 0.115. The lowest BCUT2D eigenvalue weighted by Gasteiger charge is -2.08. The number of hydrogen-bond donors (Lipinski definition) is 1. The Hall–Kier alpha value is -2.30. The van der Waals surface area contributed by atoms with E-state index >= 15 is 0 Å². The van der Waals surface area contributed by atoms with Crippen LogP contribution in [0, 0.1) is 0 Å². The summed E-state index contributed by atoms with van der Waals surface area (Å²) >= 11 is 0. The molecule has 5 nitrogen and oxygen atoms in total. The molecular formula is C13H15N3O2. The van der Waals surface area contributed by atoms with E-state index in [1.54, 1.807) is 42.4 Å². The number of carbonyl (C=O) groups is 1. The van der Waals surface area contributed by atoms with Gasteiger partial charge in [-0.3, -0.25) is 4.79 Å². The maximum atomic E-state index is 12.0. The van der Waals surface area contributed by atoms with Gasteiger partial charge in [0.15, 0.2) is 0 Å². The van der Waals surface area contributed by atoms with Crippen molar-refractivity contribution in [1.29, 1.82) is 0 Å². The summed E-state index contributed by atoms with van der Waals surface area (Å²) in [7, 11) is 5.26. The van der Waals surface area contributed by atoms with E-state index in [-0.39, 0.29) is 11.7 Å². The topological polar surface area (TPSA) is 56.1 Å². The third-order valence-electron chi connectivity index (χ3n) is 2.58. The van der Waals surface area contributed by atoms with Crippen molar-refractivity contribution >= 4 is 11.6 Å². The SMILES string of the molecule is CN(C)C=C1C(=O)N(C)N=C1c1ccccc1O. The molecule has 0 saturated carbocycles. The van der Waals surface area contributed by atoms with Gasteiger partial charge in [0.2, 0.25) is 0 Å². The number of aromatic hydroxyl groups is 1. The smallest absolute Gasteiger partial charge is 0.277 e. The van der Waals surface area contributed by atoms with Crippen LogP contribution in [0.3, 0.4) is 0 Å². The largest absolute Gasteiger partial charge is 0.507 e. The minimum Gasteiger partial charge on any atom is -0.507 e.